The second-order valence-electron chi connectivity index (χ2n) is 28.4. The molecular weight excluding hydrogens is 2000 g/mol. The average molecular weight is 2060 g/mol. The number of aromatic amines is 1. The van der Waals surface area contributed by atoms with Gasteiger partial charge in [0, 0.05) is 380 Å². The van der Waals surface area contributed by atoms with Crippen molar-refractivity contribution in [2.75, 3.05) is 23.8 Å². The third kappa shape index (κ3) is 48.2. The molecule has 3 atom stereocenters. The zero-order valence-corrected chi connectivity index (χ0v) is 83.9. The SMILES string of the molecule is C=C=C=C=C=C=C=C=C=C=C=C=C=C=C=C=C=C=C=C=C=C=C=C=C=C=C=C=C=C=C=C=C=C=C=C=C=C=C=C=C=C=C=C=C=C=C=C=C=C=C=C=C=C=C=C=C=C=C=C=C=C=C=C=C=C=C=C=C=C=C=C=C=C=C=C=C=C=C=C.CC(=O)OI(OC(C)=O)c1ccccc1.CC(CN1C(=O)c2ccccc2C1=O)C(N)=Nc1n[nH]c(C(C)(C)C)c1Cl.CC(CN1C(=O)c2ccccc2C1=O)C1Nc2c(Cl)c(C(C)(C)C)nn2N1. The summed E-state index contributed by atoms with van der Waals surface area (Å²) < 4.78 is 10.8. The van der Waals surface area contributed by atoms with Crippen LogP contribution < -0.4 is 16.5 Å². The number of halogens is 3. The van der Waals surface area contributed by atoms with E-state index < -0.39 is 32.6 Å². The molecule has 0 spiro atoms. The first-order valence-corrected chi connectivity index (χ1v) is 45.4. The molecule has 3 aliphatic heterocycles. The molecule has 5 N–H and O–H groups in total. The van der Waals surface area contributed by atoms with E-state index in [1.807, 2.05) is 45.9 Å². The number of carbonyl (C=O) groups is 6. The summed E-state index contributed by atoms with van der Waals surface area (Å²) in [4.78, 5) is 80.2. The van der Waals surface area contributed by atoms with Crippen LogP contribution in [0.5, 0.6) is 0 Å². The summed E-state index contributed by atoms with van der Waals surface area (Å²) in [6.45, 7) is 25.6. The summed E-state index contributed by atoms with van der Waals surface area (Å²) in [7, 11) is 0. The van der Waals surface area contributed by atoms with E-state index in [0.29, 0.717) is 50.5 Å². The van der Waals surface area contributed by atoms with Crippen LogP contribution in [0.25, 0.3) is 0 Å². The van der Waals surface area contributed by atoms with Gasteiger partial charge in [0.15, 0.2) is 11.6 Å². The van der Waals surface area contributed by atoms with E-state index in [4.69, 9.17) is 35.1 Å². The molecular formula is C128H59Cl2IN10O8. The Kier molecular flexibility index (Phi) is 54.4. The Morgan fingerprint density at radius 1 is 0.376 bits per heavy atom. The quantitative estimate of drug-likeness (QED) is 0.0335. The van der Waals surface area contributed by atoms with Crippen LogP contribution >= 0.6 is 43.9 Å². The van der Waals surface area contributed by atoms with Crippen LogP contribution in [-0.2, 0) is 26.6 Å². The molecule has 4 amide bonds. The third-order valence-electron chi connectivity index (χ3n) is 15.7. The van der Waals surface area contributed by atoms with Crippen molar-refractivity contribution in [3.05, 3.63) is 586 Å². The standard InChI is InChI=1S/C80H4.2C19H22ClN5O2.C10H11IO4/c1-3-5-7-9-11-13-15-17-19-21-23-25-27-29-31-33-35-37-39-41-43-45-47-49-51-53-55-57-59-61-63-65-67-69-71-73-75-77-79-80-78-76-74-72-70-68-66-64-62-60-58-56-54-52-50-48-46-44-42-40-38-36-34-32-30-28-26-24-22-20-18-16-14-12-10-8-6-4-2;1-10(9-24-17(26)11-7-5-6-8-12(11)18(24)27)15-21-16-13(20)14(19(2,3)4)22-25(16)23-15;1-10(9-25-17(26)11-7-5-6-8-12(11)18(25)27)15(21)22-16-13(20)14(23-24-16)19(2,3)4;1-8(12)14-11(15-9(2)13)10-6-4-3-5-7-10/h1-2H2;5-8,10,15,21,23H,9H2,1-4H3;5-8,10H,9H2,1-4H3,(H3,21,22,23,24);3-7H,1-2H3. The number of nitrogens with two attached hydrogens (primary N) is 1. The van der Waals surface area contributed by atoms with Gasteiger partial charge in [-0.1, -0.05) is 114 Å². The van der Waals surface area contributed by atoms with Gasteiger partial charge < -0.3 is 11.1 Å². The summed E-state index contributed by atoms with van der Waals surface area (Å²) in [6, 6.07) is 22.7. The molecule has 0 fully saturated rings. The number of H-pyrrole nitrogens is 1. The Morgan fingerprint density at radius 3 is 0.826 bits per heavy atom. The van der Waals surface area contributed by atoms with Crippen molar-refractivity contribution < 1.29 is 34.9 Å². The Hall–Kier alpha value is -23.7. The maximum Gasteiger partial charge on any atom is 0.261 e. The van der Waals surface area contributed by atoms with Crippen LogP contribution in [0.1, 0.15) is 122 Å². The van der Waals surface area contributed by atoms with E-state index in [1.54, 1.807) is 72.4 Å². The van der Waals surface area contributed by atoms with Gasteiger partial charge in [-0.15, -0.1) is 0 Å². The normalized spacial score (nSPS) is 9.62. The second-order valence-corrected chi connectivity index (χ2v) is 32.5. The fourth-order valence-corrected chi connectivity index (χ4v) is 13.2. The Balaban J connectivity index is 0.000000444. The number of imide groups is 2. The molecule has 690 valence electrons. The smallest absolute Gasteiger partial charge is 0.261 e. The number of fused-ring (bicyclic) bond motifs is 3. The van der Waals surface area contributed by atoms with Crippen molar-refractivity contribution in [2.24, 2.45) is 22.6 Å². The number of aliphatic imine (C=N–C) groups is 1. The Bertz CT molecular complexity index is 9540. The van der Waals surface area contributed by atoms with Crippen LogP contribution in [0.3, 0.4) is 0 Å². The zero-order valence-electron chi connectivity index (χ0n) is 80.2. The minimum Gasteiger partial charge on any atom is -0.387 e. The molecule has 149 heavy (non-hydrogen) atoms. The number of nitrogens with zero attached hydrogens (tertiary/aromatic N) is 6. The number of carbonyl (C=O) groups excluding carboxylic acids is 6. The Morgan fingerprint density at radius 2 is 0.611 bits per heavy atom. The monoisotopic (exact) mass is 2060 g/mol. The van der Waals surface area contributed by atoms with Gasteiger partial charge >= 0.3 is 96.1 Å². The van der Waals surface area contributed by atoms with E-state index in [2.05, 4.69) is 512 Å². The molecule has 3 unspecified atom stereocenters. The van der Waals surface area contributed by atoms with E-state index in [1.165, 1.54) is 23.6 Å². The fourth-order valence-electron chi connectivity index (χ4n) is 9.59. The topological polar surface area (TPSA) is 236 Å². The number of anilines is 1. The molecule has 0 aliphatic carbocycles. The van der Waals surface area contributed by atoms with Gasteiger partial charge in [-0.05, 0) is 129 Å². The number of rotatable bonds is 10. The van der Waals surface area contributed by atoms with Crippen molar-refractivity contribution in [3.63, 3.8) is 0 Å². The Labute approximate surface area is 873 Å². The summed E-state index contributed by atoms with van der Waals surface area (Å²) in [5, 5.41) is 15.9. The maximum absolute atomic E-state index is 12.6. The summed E-state index contributed by atoms with van der Waals surface area (Å²) >= 11 is 10.3. The maximum atomic E-state index is 12.6. The van der Waals surface area contributed by atoms with Gasteiger partial charge in [0.05, 0.1) is 33.6 Å². The zero-order chi connectivity index (χ0) is 108. The minimum atomic E-state index is -2.59. The third-order valence-corrected chi connectivity index (χ3v) is 20.1. The number of amidine groups is 1. The van der Waals surface area contributed by atoms with Gasteiger partial charge in [-0.3, -0.25) is 39.5 Å². The van der Waals surface area contributed by atoms with Crippen molar-refractivity contribution in [1.29, 1.82) is 0 Å². The van der Waals surface area contributed by atoms with Crippen LogP contribution in [0, 0.1) is 15.4 Å². The van der Waals surface area contributed by atoms with E-state index in [0.717, 1.165) is 15.0 Å². The molecule has 2 aromatic heterocycles. The van der Waals surface area contributed by atoms with Crippen molar-refractivity contribution in [2.45, 2.75) is 86.2 Å². The average Bonchev–Trinajstić information content (AvgIpc) is 1.62. The molecule has 5 aromatic rings. The van der Waals surface area contributed by atoms with Crippen LogP contribution in [0.2, 0.25) is 10.0 Å². The van der Waals surface area contributed by atoms with Gasteiger partial charge in [0.25, 0.3) is 23.6 Å². The van der Waals surface area contributed by atoms with Gasteiger partial charge in [0.1, 0.15) is 22.0 Å². The summed E-state index contributed by atoms with van der Waals surface area (Å²) in [5.74, 6) is -1.12. The number of nitrogens with one attached hydrogen (secondary N) is 3. The fraction of sp³-hybridized carbons (Fsp3) is 0.133. The number of amides is 4. The first-order chi connectivity index (χ1) is 72.3. The molecule has 3 aliphatic rings. The molecule has 0 saturated heterocycles. The summed E-state index contributed by atoms with van der Waals surface area (Å²) in [6.07, 6.45) is -0.191. The molecule has 5 heterocycles. The van der Waals surface area contributed by atoms with Gasteiger partial charge in [0.2, 0.25) is 0 Å². The van der Waals surface area contributed by atoms with E-state index in [-0.39, 0.29) is 64.8 Å². The number of aromatic nitrogens is 4. The first-order valence-electron chi connectivity index (χ1n) is 41.8. The molecule has 3 aromatic carbocycles. The molecule has 8 rings (SSSR count). The van der Waals surface area contributed by atoms with E-state index >= 15 is 0 Å². The molecule has 0 radical (unpaired) electrons. The predicted octanol–water partition coefficient (Wildman–Crippen LogP) is 21.6. The van der Waals surface area contributed by atoms with Crippen LogP contribution in [0.4, 0.5) is 11.6 Å². The molecule has 0 saturated carbocycles. The number of hydrogen-bond donors (Lipinski definition) is 4. The van der Waals surface area contributed by atoms with Gasteiger partial charge in [-0.2, -0.15) is 15.0 Å². The largest absolute Gasteiger partial charge is 0.387 e. The van der Waals surface area contributed by atoms with Gasteiger partial charge in [-0.25, -0.2) is 4.99 Å². The predicted molar refractivity (Wildman–Crippen MR) is 556 cm³/mol. The second kappa shape index (κ2) is 70.0. The van der Waals surface area contributed by atoms with Crippen LogP contribution in [-0.4, -0.2) is 90.5 Å². The van der Waals surface area contributed by atoms with Crippen molar-refractivity contribution >= 4 is 96.9 Å². The molecule has 18 nitrogen and oxygen atoms in total. The van der Waals surface area contributed by atoms with Crippen molar-refractivity contribution in [3.8, 4) is 0 Å². The summed E-state index contributed by atoms with van der Waals surface area (Å²) in [5.41, 5.74) is 207. The number of hydrogen-bond acceptors (Lipinski definition) is 13. The minimum absolute atomic E-state index is 0.0527. The molecule has 0 bridgehead atoms. The van der Waals surface area contributed by atoms with Crippen LogP contribution in [0.15, 0.2) is 544 Å². The first kappa shape index (κ1) is 116. The van der Waals surface area contributed by atoms with Crippen molar-refractivity contribution in [1.82, 2.24) is 29.9 Å². The number of benzene rings is 3. The van der Waals surface area contributed by atoms with E-state index in [9.17, 15) is 28.8 Å². The molecule has 21 heteroatoms.